The van der Waals surface area contributed by atoms with Crippen LogP contribution in [0.4, 0.5) is 61.5 Å². The molecule has 0 bridgehead atoms. The highest BCUT2D eigenvalue weighted by molar-refractivity contribution is 4.98. The molecule has 2 unspecified atom stereocenters. The maximum Gasteiger partial charge on any atom is 0.471 e. The number of hydrogen-bond donors (Lipinski definition) is 0. The second kappa shape index (κ2) is 6.60. The molecule has 0 aromatic rings. The molecule has 2 atom stereocenters. The van der Waals surface area contributed by atoms with Crippen molar-refractivity contribution in [3.05, 3.63) is 11.8 Å². The van der Waals surface area contributed by atoms with Crippen molar-refractivity contribution in [2.24, 2.45) is 0 Å². The number of halogens is 14. The molecule has 16 heteroatoms. The zero-order valence-corrected chi connectivity index (χ0v) is 12.1. The third-order valence-electron chi connectivity index (χ3n) is 2.58. The molecule has 0 rings (SSSR count). The summed E-state index contributed by atoms with van der Waals surface area (Å²) < 4.78 is 182. The van der Waals surface area contributed by atoms with Crippen molar-refractivity contribution in [2.45, 2.75) is 49.9 Å². The topological polar surface area (TPSA) is 18.5 Å². The summed E-state index contributed by atoms with van der Waals surface area (Å²) in [5.41, 5.74) is -6.11. The highest BCUT2D eigenvalue weighted by Gasteiger charge is 2.82. The number of hydrogen-bond acceptors (Lipinski definition) is 2. The molecule has 0 aromatic carbocycles. The molecule has 0 aliphatic carbocycles. The van der Waals surface area contributed by atoms with Gasteiger partial charge in [-0.1, -0.05) is 0 Å². The Labute approximate surface area is 134 Å². The predicted octanol–water partition coefficient (Wildman–Crippen LogP) is 5.85. The van der Waals surface area contributed by atoms with E-state index < -0.39 is 54.9 Å². The Hall–Kier alpha value is -1.48. The normalized spacial score (nSPS) is 20.2. The van der Waals surface area contributed by atoms with Gasteiger partial charge < -0.3 is 4.74 Å². The van der Waals surface area contributed by atoms with Crippen LogP contribution in [-0.2, 0) is 9.47 Å². The Morgan fingerprint density at radius 2 is 1.04 bits per heavy atom. The van der Waals surface area contributed by atoms with Crippen molar-refractivity contribution < 1.29 is 70.9 Å². The van der Waals surface area contributed by atoms with E-state index in [4.69, 9.17) is 0 Å². The largest absolute Gasteiger partial charge is 0.471 e. The van der Waals surface area contributed by atoms with Crippen LogP contribution in [0.2, 0.25) is 0 Å². The van der Waals surface area contributed by atoms with Gasteiger partial charge in [0.25, 0.3) is 5.67 Å². The van der Waals surface area contributed by atoms with Crippen LogP contribution in [0.5, 0.6) is 0 Å². The molecule has 0 amide bonds. The summed E-state index contributed by atoms with van der Waals surface area (Å²) in [7, 11) is 0. The lowest BCUT2D eigenvalue weighted by Gasteiger charge is -2.39. The SMILES string of the molecule is C/C(F)=C(\F)OC(F)(F)C(F)(OC(F)(F)C(C)(F)C(F)(F)F)C(F)(F)F. The lowest BCUT2D eigenvalue weighted by molar-refractivity contribution is -0.518. The van der Waals surface area contributed by atoms with Crippen LogP contribution in [-0.4, -0.2) is 36.1 Å². The summed E-state index contributed by atoms with van der Waals surface area (Å²) in [6.45, 7) is -1.19. The van der Waals surface area contributed by atoms with Gasteiger partial charge in [-0.2, -0.15) is 52.7 Å². The fraction of sp³-hybridized carbons (Fsp3) is 0.800. The molecule has 0 saturated heterocycles. The maximum absolute atomic E-state index is 13.6. The van der Waals surface area contributed by atoms with Crippen LogP contribution in [0, 0.1) is 0 Å². The Balaban J connectivity index is 6.27. The Morgan fingerprint density at radius 1 is 0.654 bits per heavy atom. The van der Waals surface area contributed by atoms with Crippen molar-refractivity contribution in [3.63, 3.8) is 0 Å². The molecular formula is C10H6F14O2. The summed E-state index contributed by atoms with van der Waals surface area (Å²) in [6.07, 6.45) is -27.9. The first kappa shape index (κ1) is 24.5. The summed E-state index contributed by atoms with van der Waals surface area (Å²) in [4.78, 5) is 0. The first-order valence-electron chi connectivity index (χ1n) is 5.71. The third-order valence-corrected chi connectivity index (χ3v) is 2.58. The number of allylic oxidation sites excluding steroid dienone is 1. The van der Waals surface area contributed by atoms with Gasteiger partial charge in [-0.05, 0) is 13.8 Å². The smallest absolute Gasteiger partial charge is 0.400 e. The van der Waals surface area contributed by atoms with E-state index in [1.54, 1.807) is 0 Å². The van der Waals surface area contributed by atoms with Gasteiger partial charge in [0.15, 0.2) is 5.83 Å². The van der Waals surface area contributed by atoms with Crippen molar-refractivity contribution in [2.75, 3.05) is 0 Å². The fourth-order valence-corrected chi connectivity index (χ4v) is 0.968. The van der Waals surface area contributed by atoms with Gasteiger partial charge in [-0.25, -0.2) is 8.78 Å². The zero-order valence-electron chi connectivity index (χ0n) is 12.1. The van der Waals surface area contributed by atoms with Gasteiger partial charge in [-0.3, -0.25) is 4.74 Å². The molecule has 156 valence electrons. The average molecular weight is 424 g/mol. The van der Waals surface area contributed by atoms with Gasteiger partial charge in [0.2, 0.25) is 0 Å². The van der Waals surface area contributed by atoms with Crippen LogP contribution in [0.3, 0.4) is 0 Å². The Kier molecular flexibility index (Phi) is 6.22. The standard InChI is InChI=1S/C10H6F14O2/c1-3(11)4(12)25-10(23,24)6(14,8(18,19)20)26-9(21,22)5(2,13)7(15,16)17/h1-2H3/b4-3-. The second-order valence-electron chi connectivity index (χ2n) is 4.64. The molecule has 0 saturated carbocycles. The third kappa shape index (κ3) is 4.25. The molecular weight excluding hydrogens is 418 g/mol. The van der Waals surface area contributed by atoms with E-state index in [-0.39, 0.29) is 6.92 Å². The minimum atomic E-state index is -7.33. The molecule has 0 spiro atoms. The molecule has 0 radical (unpaired) electrons. The van der Waals surface area contributed by atoms with E-state index >= 15 is 0 Å². The minimum Gasteiger partial charge on any atom is -0.400 e. The van der Waals surface area contributed by atoms with Crippen LogP contribution >= 0.6 is 0 Å². The van der Waals surface area contributed by atoms with Crippen LogP contribution < -0.4 is 0 Å². The van der Waals surface area contributed by atoms with Crippen LogP contribution in [0.15, 0.2) is 11.8 Å². The molecule has 26 heavy (non-hydrogen) atoms. The van der Waals surface area contributed by atoms with Crippen molar-refractivity contribution in [3.8, 4) is 0 Å². The highest BCUT2D eigenvalue weighted by Crippen LogP contribution is 2.54. The number of rotatable bonds is 6. The molecule has 0 N–H and O–H groups in total. The zero-order chi connectivity index (χ0) is 21.6. The quantitative estimate of drug-likeness (QED) is 0.394. The molecule has 0 fully saturated rings. The lowest BCUT2D eigenvalue weighted by Crippen LogP contribution is -2.65. The fourth-order valence-electron chi connectivity index (χ4n) is 0.968. The first-order chi connectivity index (χ1) is 11.0. The van der Waals surface area contributed by atoms with E-state index in [1.807, 2.05) is 4.74 Å². The van der Waals surface area contributed by atoms with E-state index in [0.717, 1.165) is 0 Å². The Morgan fingerprint density at radius 3 is 1.31 bits per heavy atom. The monoisotopic (exact) mass is 424 g/mol. The van der Waals surface area contributed by atoms with Gasteiger partial charge in [0, 0.05) is 0 Å². The van der Waals surface area contributed by atoms with Crippen LogP contribution in [0.1, 0.15) is 13.8 Å². The van der Waals surface area contributed by atoms with E-state index in [9.17, 15) is 61.5 Å². The predicted molar refractivity (Wildman–Crippen MR) is 52.4 cm³/mol. The van der Waals surface area contributed by atoms with Crippen LogP contribution in [0.25, 0.3) is 0 Å². The first-order valence-corrected chi connectivity index (χ1v) is 5.71. The average Bonchev–Trinajstić information content (AvgIpc) is 2.34. The van der Waals surface area contributed by atoms with E-state index in [0.29, 0.717) is 0 Å². The summed E-state index contributed by atoms with van der Waals surface area (Å²) in [5, 5.41) is 0. The summed E-state index contributed by atoms with van der Waals surface area (Å²) in [5.74, 6) is -9.65. The Bertz CT molecular complexity index is 541. The van der Waals surface area contributed by atoms with Gasteiger partial charge in [0.1, 0.15) is 0 Å². The molecule has 0 aliphatic rings. The van der Waals surface area contributed by atoms with Crippen molar-refractivity contribution in [1.29, 1.82) is 0 Å². The van der Waals surface area contributed by atoms with E-state index in [1.165, 1.54) is 0 Å². The molecule has 2 nitrogen and oxygen atoms in total. The molecule has 0 heterocycles. The number of ether oxygens (including phenoxy) is 2. The lowest BCUT2D eigenvalue weighted by atomic mass is 10.1. The second-order valence-corrected chi connectivity index (χ2v) is 4.64. The molecule has 0 aromatic heterocycles. The van der Waals surface area contributed by atoms with Gasteiger partial charge in [-0.15, -0.1) is 0 Å². The summed E-state index contributed by atoms with van der Waals surface area (Å²) in [6, 6.07) is -3.24. The maximum atomic E-state index is 13.6. The highest BCUT2D eigenvalue weighted by atomic mass is 19.4. The molecule has 0 aliphatic heterocycles. The van der Waals surface area contributed by atoms with Gasteiger partial charge in [0.05, 0.1) is 0 Å². The number of alkyl halides is 12. The van der Waals surface area contributed by atoms with Gasteiger partial charge >= 0.3 is 36.4 Å². The summed E-state index contributed by atoms with van der Waals surface area (Å²) >= 11 is 0. The minimum absolute atomic E-state index is 0.0450. The van der Waals surface area contributed by atoms with Crippen molar-refractivity contribution in [1.82, 2.24) is 0 Å². The van der Waals surface area contributed by atoms with Crippen molar-refractivity contribution >= 4 is 0 Å². The van der Waals surface area contributed by atoms with E-state index in [2.05, 4.69) is 4.74 Å².